The van der Waals surface area contributed by atoms with Crippen LogP contribution in [0.2, 0.25) is 0 Å². The van der Waals surface area contributed by atoms with Gasteiger partial charge < -0.3 is 9.84 Å². The van der Waals surface area contributed by atoms with E-state index in [9.17, 15) is 0 Å². The molecule has 1 aromatic carbocycles. The second-order valence-corrected chi connectivity index (χ2v) is 4.02. The third-order valence-corrected chi connectivity index (χ3v) is 2.51. The number of nitrogens with zero attached hydrogens (tertiary/aromatic N) is 1. The summed E-state index contributed by atoms with van der Waals surface area (Å²) < 4.78 is 4.87. The summed E-state index contributed by atoms with van der Waals surface area (Å²) >= 11 is 0. The first-order chi connectivity index (χ1) is 8.25. The smallest absolute Gasteiger partial charge is 0.147 e. The Bertz CT molecular complexity index is 488. The van der Waals surface area contributed by atoms with E-state index in [1.807, 2.05) is 25.1 Å². The lowest BCUT2D eigenvalue weighted by Gasteiger charge is -2.08. The van der Waals surface area contributed by atoms with Gasteiger partial charge in [-0.1, -0.05) is 47.6 Å². The molecule has 17 heavy (non-hydrogen) atoms. The maximum atomic E-state index is 4.87. The third-order valence-electron chi connectivity index (χ3n) is 2.51. The summed E-state index contributed by atoms with van der Waals surface area (Å²) in [7, 11) is 0. The van der Waals surface area contributed by atoms with E-state index in [0.717, 1.165) is 11.4 Å². The van der Waals surface area contributed by atoms with Gasteiger partial charge in [0.05, 0.1) is 5.69 Å². The highest BCUT2D eigenvalue weighted by Crippen LogP contribution is 2.13. The van der Waals surface area contributed by atoms with E-state index in [1.54, 1.807) is 6.26 Å². The molecule has 1 aromatic heterocycles. The van der Waals surface area contributed by atoms with Crippen LogP contribution in [-0.4, -0.2) is 11.2 Å². The van der Waals surface area contributed by atoms with Crippen molar-refractivity contribution in [1.82, 2.24) is 5.16 Å². The Balaban J connectivity index is 1.96. The summed E-state index contributed by atoms with van der Waals surface area (Å²) in [5.74, 6) is 0. The van der Waals surface area contributed by atoms with E-state index in [-0.39, 0.29) is 6.04 Å². The molecule has 0 bridgehead atoms. The molecular formula is C14H16N2O. The molecule has 0 aliphatic rings. The first-order valence-electron chi connectivity index (χ1n) is 5.66. The normalized spacial score (nSPS) is 12.8. The number of benzene rings is 1. The molecule has 1 unspecified atom stereocenters. The maximum absolute atomic E-state index is 4.87. The molecule has 0 amide bonds. The number of aryl methyl sites for hydroxylation is 1. The molecule has 0 aliphatic heterocycles. The lowest BCUT2D eigenvalue weighted by molar-refractivity contribution is 0.415. The zero-order valence-corrected chi connectivity index (χ0v) is 10.1. The van der Waals surface area contributed by atoms with Crippen LogP contribution in [0.15, 0.2) is 47.2 Å². The molecule has 0 fully saturated rings. The van der Waals surface area contributed by atoms with Crippen molar-refractivity contribution in [3.8, 4) is 0 Å². The highest BCUT2D eigenvalue weighted by atomic mass is 16.5. The lowest BCUT2D eigenvalue weighted by atomic mass is 10.2. The highest BCUT2D eigenvalue weighted by Gasteiger charge is 2.03. The van der Waals surface area contributed by atoms with E-state index in [4.69, 9.17) is 4.52 Å². The fourth-order valence-corrected chi connectivity index (χ4v) is 1.54. The molecule has 2 aromatic rings. The first-order valence-corrected chi connectivity index (χ1v) is 5.66. The van der Waals surface area contributed by atoms with Gasteiger partial charge in [0.25, 0.3) is 0 Å². The Morgan fingerprint density at radius 3 is 2.71 bits per heavy atom. The van der Waals surface area contributed by atoms with Gasteiger partial charge in [-0.15, -0.1) is 0 Å². The highest BCUT2D eigenvalue weighted by molar-refractivity contribution is 5.52. The molecule has 0 spiro atoms. The number of aromatic nitrogens is 1. The van der Waals surface area contributed by atoms with E-state index in [2.05, 4.69) is 41.7 Å². The van der Waals surface area contributed by atoms with Gasteiger partial charge in [0, 0.05) is 6.04 Å². The van der Waals surface area contributed by atoms with Gasteiger partial charge in [0.1, 0.15) is 12.0 Å². The topological polar surface area (TPSA) is 38.1 Å². The Hall–Kier alpha value is -2.03. The van der Waals surface area contributed by atoms with Crippen molar-refractivity contribution in [1.29, 1.82) is 0 Å². The van der Waals surface area contributed by atoms with E-state index in [1.165, 1.54) is 5.56 Å². The van der Waals surface area contributed by atoms with Crippen LogP contribution >= 0.6 is 0 Å². The Morgan fingerprint density at radius 2 is 2.06 bits per heavy atom. The molecule has 0 saturated heterocycles. The van der Waals surface area contributed by atoms with E-state index in [0.29, 0.717) is 0 Å². The molecule has 3 heteroatoms. The van der Waals surface area contributed by atoms with Crippen LogP contribution in [0.4, 0.5) is 5.69 Å². The predicted octanol–water partition coefficient (Wildman–Crippen LogP) is 3.50. The molecular weight excluding hydrogens is 212 g/mol. The van der Waals surface area contributed by atoms with E-state index >= 15 is 0 Å². The lowest BCUT2D eigenvalue weighted by Crippen LogP contribution is -2.11. The minimum absolute atomic E-state index is 0.230. The molecule has 1 atom stereocenters. The summed E-state index contributed by atoms with van der Waals surface area (Å²) in [6.45, 7) is 4.01. The average molecular weight is 228 g/mol. The third kappa shape index (κ3) is 3.21. The first kappa shape index (κ1) is 11.5. The Kier molecular flexibility index (Phi) is 3.60. The monoisotopic (exact) mass is 228 g/mol. The standard InChI is InChI=1S/C14H16N2O/c1-11(15-14-10-17-16-12(14)2)8-9-13-6-4-3-5-7-13/h3-11,15H,1-2H3/b9-8+. The van der Waals surface area contributed by atoms with Crippen molar-refractivity contribution >= 4 is 11.8 Å². The molecule has 1 heterocycles. The fourth-order valence-electron chi connectivity index (χ4n) is 1.54. The SMILES string of the molecule is Cc1nocc1NC(C)/C=C/c1ccccc1. The summed E-state index contributed by atoms with van der Waals surface area (Å²) in [6.07, 6.45) is 5.84. The minimum atomic E-state index is 0.230. The predicted molar refractivity (Wildman–Crippen MR) is 69.8 cm³/mol. The van der Waals surface area contributed by atoms with Gasteiger partial charge in [-0.2, -0.15) is 0 Å². The molecule has 0 saturated carbocycles. The molecule has 88 valence electrons. The van der Waals surface area contributed by atoms with Crippen LogP contribution in [-0.2, 0) is 0 Å². The summed E-state index contributed by atoms with van der Waals surface area (Å²) in [5, 5.41) is 7.14. The average Bonchev–Trinajstić information content (AvgIpc) is 2.74. The largest absolute Gasteiger partial charge is 0.375 e. The van der Waals surface area contributed by atoms with Crippen LogP contribution in [0.1, 0.15) is 18.2 Å². The van der Waals surface area contributed by atoms with Crippen LogP contribution in [0, 0.1) is 6.92 Å². The fraction of sp³-hybridized carbons (Fsp3) is 0.214. The zero-order chi connectivity index (χ0) is 12.1. The molecule has 0 aliphatic carbocycles. The van der Waals surface area contributed by atoms with Crippen LogP contribution < -0.4 is 5.32 Å². The Labute approximate surface area is 101 Å². The second-order valence-electron chi connectivity index (χ2n) is 4.02. The van der Waals surface area contributed by atoms with Crippen LogP contribution in [0.3, 0.4) is 0 Å². The number of nitrogens with one attached hydrogen (secondary N) is 1. The van der Waals surface area contributed by atoms with Gasteiger partial charge >= 0.3 is 0 Å². The van der Waals surface area contributed by atoms with Crippen LogP contribution in [0.5, 0.6) is 0 Å². The molecule has 2 rings (SSSR count). The van der Waals surface area contributed by atoms with Gasteiger partial charge in [-0.05, 0) is 19.4 Å². The summed E-state index contributed by atoms with van der Waals surface area (Å²) in [6, 6.07) is 10.5. The van der Waals surface area contributed by atoms with Crippen molar-refractivity contribution in [2.24, 2.45) is 0 Å². The van der Waals surface area contributed by atoms with Crippen molar-refractivity contribution < 1.29 is 4.52 Å². The van der Waals surface area contributed by atoms with E-state index < -0.39 is 0 Å². The van der Waals surface area contributed by atoms with Gasteiger partial charge in [0.2, 0.25) is 0 Å². The van der Waals surface area contributed by atoms with Crippen LogP contribution in [0.25, 0.3) is 6.08 Å². The summed E-state index contributed by atoms with van der Waals surface area (Å²) in [4.78, 5) is 0. The summed E-state index contributed by atoms with van der Waals surface area (Å²) in [5.41, 5.74) is 3.02. The van der Waals surface area contributed by atoms with Gasteiger partial charge in [-0.3, -0.25) is 0 Å². The number of rotatable bonds is 4. The maximum Gasteiger partial charge on any atom is 0.147 e. The quantitative estimate of drug-likeness (QED) is 0.870. The van der Waals surface area contributed by atoms with Crippen molar-refractivity contribution in [3.63, 3.8) is 0 Å². The second kappa shape index (κ2) is 5.34. The Morgan fingerprint density at radius 1 is 1.29 bits per heavy atom. The number of hydrogen-bond donors (Lipinski definition) is 1. The van der Waals surface area contributed by atoms with Crippen molar-refractivity contribution in [2.75, 3.05) is 5.32 Å². The van der Waals surface area contributed by atoms with Crippen molar-refractivity contribution in [3.05, 3.63) is 53.9 Å². The minimum Gasteiger partial charge on any atom is -0.375 e. The molecule has 3 nitrogen and oxygen atoms in total. The van der Waals surface area contributed by atoms with Gasteiger partial charge in [0.15, 0.2) is 0 Å². The number of anilines is 1. The number of hydrogen-bond acceptors (Lipinski definition) is 3. The zero-order valence-electron chi connectivity index (χ0n) is 10.1. The molecule has 1 N–H and O–H groups in total. The van der Waals surface area contributed by atoms with Crippen molar-refractivity contribution in [2.45, 2.75) is 19.9 Å². The molecule has 0 radical (unpaired) electrons. The van der Waals surface area contributed by atoms with Gasteiger partial charge in [-0.25, -0.2) is 0 Å².